The lowest BCUT2D eigenvalue weighted by molar-refractivity contribution is -0.114. The number of amides is 1. The highest BCUT2D eigenvalue weighted by Crippen LogP contribution is 2.39. The molecule has 4 aromatic heterocycles. The van der Waals surface area contributed by atoms with Crippen LogP contribution in [0.1, 0.15) is 19.8 Å². The zero-order valence-electron chi connectivity index (χ0n) is 19.1. The van der Waals surface area contributed by atoms with Gasteiger partial charge in [-0.15, -0.1) is 0 Å². The summed E-state index contributed by atoms with van der Waals surface area (Å²) in [6.45, 7) is 2.47. The molecule has 0 unspecified atom stereocenters. The number of anilines is 2. The maximum atomic E-state index is 11.6. The first kappa shape index (κ1) is 21.8. The van der Waals surface area contributed by atoms with Gasteiger partial charge >= 0.3 is 0 Å². The fourth-order valence-corrected chi connectivity index (χ4v) is 4.54. The number of nitrogens with zero attached hydrogens (tertiary/aromatic N) is 4. The van der Waals surface area contributed by atoms with Gasteiger partial charge in [-0.05, 0) is 43.2 Å². The first-order valence-electron chi connectivity index (χ1n) is 11.2. The molecular weight excluding hydrogens is 432 g/mol. The van der Waals surface area contributed by atoms with Crippen LogP contribution >= 0.6 is 0 Å². The van der Waals surface area contributed by atoms with Crippen molar-refractivity contribution in [2.45, 2.75) is 25.8 Å². The number of rotatable bonds is 6. The van der Waals surface area contributed by atoms with E-state index in [4.69, 9.17) is 9.72 Å². The molecular formula is C25H26N6O3. The Hall–Kier alpha value is -3.98. The number of methoxy groups -OCH3 is 1. The van der Waals surface area contributed by atoms with Crippen LogP contribution in [0.15, 0.2) is 48.9 Å². The number of hydrogen-bond donors (Lipinski definition) is 3. The average molecular weight is 459 g/mol. The Bertz CT molecular complexity index is 1330. The van der Waals surface area contributed by atoms with Crippen molar-refractivity contribution in [2.24, 2.45) is 0 Å². The topological polar surface area (TPSA) is 116 Å². The third-order valence-electron chi connectivity index (χ3n) is 6.12. The van der Waals surface area contributed by atoms with Crippen molar-refractivity contribution in [1.82, 2.24) is 19.9 Å². The molecule has 0 aromatic carbocycles. The van der Waals surface area contributed by atoms with E-state index in [-0.39, 0.29) is 18.6 Å². The van der Waals surface area contributed by atoms with E-state index in [1.54, 1.807) is 19.5 Å². The molecule has 0 bridgehead atoms. The maximum absolute atomic E-state index is 11.6. The first-order valence-corrected chi connectivity index (χ1v) is 11.2. The molecule has 0 spiro atoms. The monoisotopic (exact) mass is 458 g/mol. The summed E-state index contributed by atoms with van der Waals surface area (Å²) >= 11 is 0. The number of fused-ring (bicyclic) bond motifs is 1. The highest BCUT2D eigenvalue weighted by atomic mass is 16.5. The number of pyridine rings is 3. The Balaban J connectivity index is 1.67. The summed E-state index contributed by atoms with van der Waals surface area (Å²) in [5.74, 6) is 0.948. The minimum Gasteiger partial charge on any atom is -0.495 e. The molecule has 1 fully saturated rings. The number of aromatic nitrogens is 4. The van der Waals surface area contributed by atoms with Gasteiger partial charge in [0.2, 0.25) is 5.91 Å². The van der Waals surface area contributed by atoms with Crippen molar-refractivity contribution >= 4 is 28.4 Å². The molecule has 4 aromatic rings. The van der Waals surface area contributed by atoms with Crippen LogP contribution in [0, 0.1) is 0 Å². The van der Waals surface area contributed by atoms with Gasteiger partial charge in [0.05, 0.1) is 65.8 Å². The molecule has 3 N–H and O–H groups in total. The SMILES string of the molecule is COc1ccc(-c2c(-c3ccnc(NC(C)=O)c3)[nH]c3cc(N4CCC[C@H]4CO)cnc23)nc1. The summed E-state index contributed by atoms with van der Waals surface area (Å²) < 4.78 is 5.27. The van der Waals surface area contributed by atoms with Gasteiger partial charge in [0.1, 0.15) is 11.6 Å². The number of carbonyl (C=O) groups is 1. The van der Waals surface area contributed by atoms with Crippen LogP contribution < -0.4 is 15.0 Å². The van der Waals surface area contributed by atoms with E-state index in [2.05, 4.69) is 31.2 Å². The average Bonchev–Trinajstić information content (AvgIpc) is 3.48. The molecule has 34 heavy (non-hydrogen) atoms. The molecule has 9 nitrogen and oxygen atoms in total. The summed E-state index contributed by atoms with van der Waals surface area (Å²) in [6.07, 6.45) is 7.21. The Morgan fingerprint density at radius 3 is 2.85 bits per heavy atom. The molecule has 1 saturated heterocycles. The summed E-state index contributed by atoms with van der Waals surface area (Å²) in [5.41, 5.74) is 5.89. The van der Waals surface area contributed by atoms with Crippen molar-refractivity contribution in [2.75, 3.05) is 30.5 Å². The van der Waals surface area contributed by atoms with Crippen molar-refractivity contribution in [3.63, 3.8) is 0 Å². The Labute approximate surface area is 196 Å². The van der Waals surface area contributed by atoms with E-state index < -0.39 is 0 Å². The van der Waals surface area contributed by atoms with E-state index >= 15 is 0 Å². The Kier molecular flexibility index (Phi) is 5.85. The smallest absolute Gasteiger partial charge is 0.222 e. The van der Waals surface area contributed by atoms with E-state index in [1.165, 1.54) is 6.92 Å². The number of aromatic amines is 1. The predicted octanol–water partition coefficient (Wildman–Crippen LogP) is 3.62. The largest absolute Gasteiger partial charge is 0.495 e. The van der Waals surface area contributed by atoms with Gasteiger partial charge in [0.15, 0.2) is 0 Å². The number of H-pyrrole nitrogens is 1. The third-order valence-corrected chi connectivity index (χ3v) is 6.12. The molecule has 5 heterocycles. The standard InChI is InChI=1S/C25H26N6O3/c1-15(33)29-22-10-16(7-8-26-22)24-23(20-6-5-19(34-2)13-27-20)25-21(30-24)11-18(12-28-25)31-9-3-4-17(31)14-32/h5-8,10-13,17,30,32H,3-4,9,14H2,1-2H3,(H,26,29,33)/t17-/m0/s1. The van der Waals surface area contributed by atoms with Crippen LogP contribution in [0.2, 0.25) is 0 Å². The quantitative estimate of drug-likeness (QED) is 0.404. The van der Waals surface area contributed by atoms with Crippen LogP contribution in [-0.4, -0.2) is 57.3 Å². The zero-order valence-corrected chi connectivity index (χ0v) is 19.1. The van der Waals surface area contributed by atoms with Crippen LogP contribution in [0.4, 0.5) is 11.5 Å². The minimum atomic E-state index is -0.186. The lowest BCUT2D eigenvalue weighted by Gasteiger charge is -2.24. The van der Waals surface area contributed by atoms with Crippen molar-refractivity contribution in [3.05, 3.63) is 48.9 Å². The first-order chi connectivity index (χ1) is 16.6. The number of aliphatic hydroxyl groups excluding tert-OH is 1. The van der Waals surface area contributed by atoms with Gasteiger partial charge in [0.25, 0.3) is 0 Å². The highest BCUT2D eigenvalue weighted by molar-refractivity contribution is 6.02. The molecule has 1 aliphatic heterocycles. The van der Waals surface area contributed by atoms with Gasteiger partial charge in [-0.25, -0.2) is 4.98 Å². The molecule has 1 atom stereocenters. The van der Waals surface area contributed by atoms with Gasteiger partial charge in [-0.1, -0.05) is 0 Å². The van der Waals surface area contributed by atoms with Gasteiger partial charge in [-0.2, -0.15) is 0 Å². The van der Waals surface area contributed by atoms with Gasteiger partial charge in [0, 0.05) is 25.2 Å². The lowest BCUT2D eigenvalue weighted by Crippen LogP contribution is -2.32. The summed E-state index contributed by atoms with van der Waals surface area (Å²) in [4.78, 5) is 31.0. The molecule has 0 saturated carbocycles. The van der Waals surface area contributed by atoms with E-state index in [1.807, 2.05) is 30.5 Å². The number of nitrogens with one attached hydrogen (secondary N) is 2. The molecule has 1 amide bonds. The summed E-state index contributed by atoms with van der Waals surface area (Å²) in [5, 5.41) is 12.5. The fraction of sp³-hybridized carbons (Fsp3) is 0.280. The third kappa shape index (κ3) is 4.06. The fourth-order valence-electron chi connectivity index (χ4n) is 4.54. The van der Waals surface area contributed by atoms with Crippen LogP contribution in [0.5, 0.6) is 5.75 Å². The number of ether oxygens (including phenoxy) is 1. The van der Waals surface area contributed by atoms with E-state index in [0.717, 1.165) is 58.6 Å². The van der Waals surface area contributed by atoms with Crippen molar-refractivity contribution in [3.8, 4) is 28.3 Å². The molecule has 1 aliphatic rings. The van der Waals surface area contributed by atoms with Crippen molar-refractivity contribution < 1.29 is 14.6 Å². The molecule has 9 heteroatoms. The highest BCUT2D eigenvalue weighted by Gasteiger charge is 2.25. The number of hydrogen-bond acceptors (Lipinski definition) is 7. The summed E-state index contributed by atoms with van der Waals surface area (Å²) in [7, 11) is 1.61. The second-order valence-corrected chi connectivity index (χ2v) is 8.33. The normalized spacial score (nSPS) is 15.6. The van der Waals surface area contributed by atoms with Crippen molar-refractivity contribution in [1.29, 1.82) is 0 Å². The molecule has 0 aliphatic carbocycles. The second-order valence-electron chi connectivity index (χ2n) is 8.33. The summed E-state index contributed by atoms with van der Waals surface area (Å²) in [6, 6.07) is 9.65. The lowest BCUT2D eigenvalue weighted by atomic mass is 10.0. The Morgan fingerprint density at radius 2 is 2.12 bits per heavy atom. The second kappa shape index (κ2) is 9.11. The molecule has 0 radical (unpaired) electrons. The van der Waals surface area contributed by atoms with Crippen LogP contribution in [0.25, 0.3) is 33.5 Å². The van der Waals surface area contributed by atoms with Gasteiger partial charge < -0.3 is 25.0 Å². The van der Waals surface area contributed by atoms with Crippen LogP contribution in [0.3, 0.4) is 0 Å². The maximum Gasteiger partial charge on any atom is 0.222 e. The van der Waals surface area contributed by atoms with E-state index in [9.17, 15) is 9.90 Å². The molecule has 5 rings (SSSR count). The number of aliphatic hydroxyl groups is 1. The van der Waals surface area contributed by atoms with Gasteiger partial charge in [-0.3, -0.25) is 14.8 Å². The predicted molar refractivity (Wildman–Crippen MR) is 131 cm³/mol. The molecule has 174 valence electrons. The zero-order chi connectivity index (χ0) is 23.7. The Morgan fingerprint density at radius 1 is 1.24 bits per heavy atom. The minimum absolute atomic E-state index is 0.108. The van der Waals surface area contributed by atoms with E-state index in [0.29, 0.717) is 11.6 Å². The number of carbonyl (C=O) groups excluding carboxylic acids is 1. The van der Waals surface area contributed by atoms with Crippen LogP contribution in [-0.2, 0) is 4.79 Å².